The average molecular weight is 404 g/mol. The van der Waals surface area contributed by atoms with Crippen molar-refractivity contribution in [2.24, 2.45) is 0 Å². The van der Waals surface area contributed by atoms with Gasteiger partial charge in [-0.05, 0) is 25.5 Å². The van der Waals surface area contributed by atoms with Crippen molar-refractivity contribution in [1.29, 1.82) is 0 Å². The number of esters is 1. The molecule has 0 N–H and O–H groups in total. The van der Waals surface area contributed by atoms with E-state index in [4.69, 9.17) is 4.74 Å². The Hall–Kier alpha value is -2.22. The molecule has 3 heterocycles. The van der Waals surface area contributed by atoms with Crippen LogP contribution in [0, 0.1) is 0 Å². The molecule has 1 aromatic rings. The third kappa shape index (κ3) is 3.57. The van der Waals surface area contributed by atoms with Gasteiger partial charge in [0.1, 0.15) is 6.04 Å². The summed E-state index contributed by atoms with van der Waals surface area (Å²) in [6, 6.07) is 9.54. The number of piperazine rings is 1. The van der Waals surface area contributed by atoms with Gasteiger partial charge < -0.3 is 19.4 Å². The fourth-order valence-corrected chi connectivity index (χ4v) is 5.59. The Morgan fingerprint density at radius 3 is 2.61 bits per heavy atom. The SMILES string of the molecule is C[C@]12CCC(=O)N1[C@H](C(=O)OCC(=O)N1CCN(c3ccccc3)CC1)CS2. The van der Waals surface area contributed by atoms with Crippen molar-refractivity contribution >= 4 is 35.2 Å². The molecular weight excluding hydrogens is 378 g/mol. The molecule has 0 saturated carbocycles. The molecular formula is C20H25N3O4S. The third-order valence-electron chi connectivity index (χ3n) is 5.81. The maximum atomic E-state index is 12.5. The Labute approximate surface area is 169 Å². The van der Waals surface area contributed by atoms with Crippen LogP contribution >= 0.6 is 11.8 Å². The number of carbonyl (C=O) groups is 3. The smallest absolute Gasteiger partial charge is 0.330 e. The molecule has 4 rings (SSSR count). The van der Waals surface area contributed by atoms with Crippen molar-refractivity contribution in [3.05, 3.63) is 30.3 Å². The van der Waals surface area contributed by atoms with Crippen LogP contribution in [-0.4, -0.2) is 77.0 Å². The van der Waals surface area contributed by atoms with Crippen LogP contribution in [-0.2, 0) is 19.1 Å². The van der Waals surface area contributed by atoms with Gasteiger partial charge in [0, 0.05) is 44.0 Å². The Bertz CT molecular complexity index is 766. The van der Waals surface area contributed by atoms with E-state index in [0.29, 0.717) is 25.3 Å². The maximum absolute atomic E-state index is 12.5. The Morgan fingerprint density at radius 1 is 1.18 bits per heavy atom. The third-order valence-corrected chi connectivity index (χ3v) is 7.31. The molecule has 3 saturated heterocycles. The molecule has 0 radical (unpaired) electrons. The van der Waals surface area contributed by atoms with Gasteiger partial charge in [-0.3, -0.25) is 9.59 Å². The minimum Gasteiger partial charge on any atom is -0.454 e. The highest BCUT2D eigenvalue weighted by atomic mass is 32.2. The number of thioether (sulfide) groups is 1. The first-order valence-electron chi connectivity index (χ1n) is 9.68. The van der Waals surface area contributed by atoms with Crippen molar-refractivity contribution in [3.63, 3.8) is 0 Å². The molecule has 0 unspecified atom stereocenters. The lowest BCUT2D eigenvalue weighted by atomic mass is 10.2. The fourth-order valence-electron chi connectivity index (χ4n) is 4.17. The summed E-state index contributed by atoms with van der Waals surface area (Å²) in [7, 11) is 0. The van der Waals surface area contributed by atoms with E-state index >= 15 is 0 Å². The van der Waals surface area contributed by atoms with Crippen LogP contribution in [0.1, 0.15) is 19.8 Å². The first-order valence-corrected chi connectivity index (χ1v) is 10.7. The van der Waals surface area contributed by atoms with Gasteiger partial charge in [0.25, 0.3) is 5.91 Å². The van der Waals surface area contributed by atoms with Gasteiger partial charge in [0.2, 0.25) is 5.91 Å². The van der Waals surface area contributed by atoms with E-state index in [1.165, 1.54) is 0 Å². The van der Waals surface area contributed by atoms with Gasteiger partial charge in [0.05, 0.1) is 4.87 Å². The number of carbonyl (C=O) groups excluding carboxylic acids is 3. The van der Waals surface area contributed by atoms with E-state index in [2.05, 4.69) is 17.0 Å². The molecule has 3 aliphatic rings. The molecule has 7 nitrogen and oxygen atoms in total. The number of rotatable bonds is 4. The molecule has 8 heteroatoms. The zero-order valence-corrected chi connectivity index (χ0v) is 16.8. The molecule has 150 valence electrons. The van der Waals surface area contributed by atoms with Crippen molar-refractivity contribution in [1.82, 2.24) is 9.80 Å². The largest absolute Gasteiger partial charge is 0.454 e. The lowest BCUT2D eigenvalue weighted by Gasteiger charge is -2.36. The van der Waals surface area contributed by atoms with Gasteiger partial charge in [-0.1, -0.05) is 18.2 Å². The van der Waals surface area contributed by atoms with Gasteiger partial charge in [0.15, 0.2) is 6.61 Å². The fraction of sp³-hybridized carbons (Fsp3) is 0.550. The number of ether oxygens (including phenoxy) is 1. The van der Waals surface area contributed by atoms with E-state index < -0.39 is 12.0 Å². The predicted molar refractivity (Wildman–Crippen MR) is 107 cm³/mol. The Balaban J connectivity index is 1.26. The second-order valence-corrected chi connectivity index (χ2v) is 9.08. The normalized spacial score (nSPS) is 27.1. The summed E-state index contributed by atoms with van der Waals surface area (Å²) in [5.74, 6) is -0.117. The van der Waals surface area contributed by atoms with Crippen LogP contribution in [0.3, 0.4) is 0 Å². The standard InChI is InChI=1S/C20H25N3O4S/c1-20-8-7-17(24)23(20)16(14-28-20)19(26)27-13-18(25)22-11-9-21(10-12-22)15-5-3-2-4-6-15/h2-6,16H,7-14H2,1H3/t16-,20-/m0/s1. The van der Waals surface area contributed by atoms with Gasteiger partial charge >= 0.3 is 5.97 Å². The van der Waals surface area contributed by atoms with E-state index in [-0.39, 0.29) is 23.3 Å². The maximum Gasteiger partial charge on any atom is 0.330 e. The molecule has 2 atom stereocenters. The summed E-state index contributed by atoms with van der Waals surface area (Å²) in [6.07, 6.45) is 1.23. The van der Waals surface area contributed by atoms with Crippen LogP contribution in [0.4, 0.5) is 5.69 Å². The zero-order valence-electron chi connectivity index (χ0n) is 16.0. The molecule has 2 amide bonds. The number of amides is 2. The van der Waals surface area contributed by atoms with Crippen LogP contribution in [0.25, 0.3) is 0 Å². The minimum atomic E-state index is -0.576. The average Bonchev–Trinajstić information content (AvgIpc) is 3.22. The summed E-state index contributed by atoms with van der Waals surface area (Å²) in [5, 5.41) is 0. The minimum absolute atomic E-state index is 0.00203. The zero-order chi connectivity index (χ0) is 19.7. The number of benzene rings is 1. The highest BCUT2D eigenvalue weighted by Crippen LogP contribution is 2.47. The van der Waals surface area contributed by atoms with E-state index in [1.807, 2.05) is 25.1 Å². The number of anilines is 1. The molecule has 0 bridgehead atoms. The molecule has 1 aromatic carbocycles. The molecule has 0 spiro atoms. The van der Waals surface area contributed by atoms with Crippen molar-refractivity contribution in [2.45, 2.75) is 30.7 Å². The van der Waals surface area contributed by atoms with Gasteiger partial charge in [-0.2, -0.15) is 0 Å². The second kappa shape index (κ2) is 7.66. The lowest BCUT2D eigenvalue weighted by molar-refractivity contribution is -0.158. The van der Waals surface area contributed by atoms with Crippen LogP contribution in [0.2, 0.25) is 0 Å². The van der Waals surface area contributed by atoms with Crippen LogP contribution in [0.5, 0.6) is 0 Å². The van der Waals surface area contributed by atoms with Crippen molar-refractivity contribution < 1.29 is 19.1 Å². The molecule has 28 heavy (non-hydrogen) atoms. The summed E-state index contributed by atoms with van der Waals surface area (Å²) < 4.78 is 5.30. The highest BCUT2D eigenvalue weighted by Gasteiger charge is 2.53. The predicted octanol–water partition coefficient (Wildman–Crippen LogP) is 1.33. The summed E-state index contributed by atoms with van der Waals surface area (Å²) in [5.41, 5.74) is 1.15. The topological polar surface area (TPSA) is 70.2 Å². The molecule has 0 aliphatic carbocycles. The number of hydrogen-bond donors (Lipinski definition) is 0. The highest BCUT2D eigenvalue weighted by molar-refractivity contribution is 8.01. The number of hydrogen-bond acceptors (Lipinski definition) is 6. The number of nitrogens with zero attached hydrogens (tertiary/aromatic N) is 3. The van der Waals surface area contributed by atoms with E-state index in [0.717, 1.165) is 25.2 Å². The lowest BCUT2D eigenvalue weighted by Crippen LogP contribution is -2.50. The quantitative estimate of drug-likeness (QED) is 0.707. The van der Waals surface area contributed by atoms with Crippen molar-refractivity contribution in [2.75, 3.05) is 43.4 Å². The monoisotopic (exact) mass is 403 g/mol. The van der Waals surface area contributed by atoms with Gasteiger partial charge in [-0.15, -0.1) is 11.8 Å². The summed E-state index contributed by atoms with van der Waals surface area (Å²) in [4.78, 5) is 42.4. The summed E-state index contributed by atoms with van der Waals surface area (Å²) in [6.45, 7) is 4.45. The van der Waals surface area contributed by atoms with Crippen LogP contribution in [0.15, 0.2) is 30.3 Å². The van der Waals surface area contributed by atoms with Gasteiger partial charge in [-0.25, -0.2) is 4.79 Å². The van der Waals surface area contributed by atoms with E-state index in [1.54, 1.807) is 21.6 Å². The second-order valence-electron chi connectivity index (χ2n) is 7.58. The Kier molecular flexibility index (Phi) is 5.23. The molecule has 3 aliphatic heterocycles. The number of para-hydroxylation sites is 1. The molecule has 0 aromatic heterocycles. The van der Waals surface area contributed by atoms with E-state index in [9.17, 15) is 14.4 Å². The van der Waals surface area contributed by atoms with Crippen LogP contribution < -0.4 is 4.90 Å². The first-order chi connectivity index (χ1) is 13.5. The first kappa shape index (κ1) is 19.1. The van der Waals surface area contributed by atoms with Crippen molar-refractivity contribution in [3.8, 4) is 0 Å². The molecule has 3 fully saturated rings. The number of fused-ring (bicyclic) bond motifs is 1. The Morgan fingerprint density at radius 2 is 1.89 bits per heavy atom. The summed E-state index contributed by atoms with van der Waals surface area (Å²) >= 11 is 1.62.